The molecule has 154 valence electrons. The van der Waals surface area contributed by atoms with Crippen LogP contribution in [0.1, 0.15) is 35.9 Å². The highest BCUT2D eigenvalue weighted by atomic mass is 31.1. The van der Waals surface area contributed by atoms with Gasteiger partial charge >= 0.3 is 0 Å². The average molecular weight is 437 g/mol. The molecule has 4 rings (SSSR count). The predicted molar refractivity (Wildman–Crippen MR) is 128 cm³/mol. The summed E-state index contributed by atoms with van der Waals surface area (Å²) >= 11 is 0. The normalized spacial score (nSPS) is 15.0. The van der Waals surface area contributed by atoms with Gasteiger partial charge in [0.05, 0.1) is 11.3 Å². The monoisotopic (exact) mass is 437 g/mol. The summed E-state index contributed by atoms with van der Waals surface area (Å²) in [5.41, 5.74) is 3.07. The van der Waals surface area contributed by atoms with Crippen molar-refractivity contribution in [3.05, 3.63) is 66.4 Å². The van der Waals surface area contributed by atoms with Gasteiger partial charge in [0, 0.05) is 48.1 Å². The zero-order valence-corrected chi connectivity index (χ0v) is 19.3. The molecule has 30 heavy (non-hydrogen) atoms. The van der Waals surface area contributed by atoms with E-state index < -0.39 is 0 Å². The second-order valence-corrected chi connectivity index (χ2v) is 10.9. The van der Waals surface area contributed by atoms with Crippen LogP contribution < -0.4 is 10.2 Å². The van der Waals surface area contributed by atoms with Crippen molar-refractivity contribution in [2.24, 2.45) is 0 Å². The number of anilines is 2. The minimum absolute atomic E-state index is 0.0756. The van der Waals surface area contributed by atoms with Crippen molar-refractivity contribution < 1.29 is 4.79 Å². The second kappa shape index (κ2) is 8.37. The number of hydrogen-bond donors (Lipinski definition) is 1. The van der Waals surface area contributed by atoms with Gasteiger partial charge in [0.25, 0.3) is 5.91 Å². The molecule has 2 unspecified atom stereocenters. The Balaban J connectivity index is 1.70. The average Bonchev–Trinajstić information content (AvgIpc) is 2.73. The molecule has 0 aliphatic carbocycles. The molecule has 3 aromatic rings. The van der Waals surface area contributed by atoms with Gasteiger partial charge in [-0.15, -0.1) is 18.5 Å². The topological polar surface area (TPSA) is 71.0 Å². The first-order valence-electron chi connectivity index (χ1n) is 9.84. The Morgan fingerprint density at radius 1 is 1.07 bits per heavy atom. The van der Waals surface area contributed by atoms with Crippen LogP contribution in [0.2, 0.25) is 0 Å². The molecule has 3 heterocycles. The lowest BCUT2D eigenvalue weighted by atomic mass is 10.0. The highest BCUT2D eigenvalue weighted by Gasteiger charge is 2.37. The van der Waals surface area contributed by atoms with Crippen LogP contribution in [0.15, 0.2) is 55.0 Å². The Bertz CT molecular complexity index is 1050. The minimum Gasteiger partial charge on any atom is -0.352 e. The van der Waals surface area contributed by atoms with Gasteiger partial charge in [-0.25, -0.2) is 15.0 Å². The number of amides is 1. The highest BCUT2D eigenvalue weighted by molar-refractivity contribution is 7.40. The van der Waals surface area contributed by atoms with Gasteiger partial charge in [-0.3, -0.25) is 4.79 Å². The second-order valence-electron chi connectivity index (χ2n) is 7.95. The van der Waals surface area contributed by atoms with Gasteiger partial charge < -0.3 is 10.2 Å². The Morgan fingerprint density at radius 2 is 1.73 bits per heavy atom. The molecule has 1 aliphatic rings. The number of aromatic nitrogens is 3. The standard InChI is InChI=1S/C22H25N5OP2/c1-14(2)19-24-10-16(11-25-19)21(28)26-18-17(15-6-4-3-5-7-15)8-9-23-20(18)27-12-22(29,30)13-27/h3-11,14H,12-13,29-30H2,1-2H3,(H,26,28). The van der Waals surface area contributed by atoms with Crippen LogP contribution in [0, 0.1) is 0 Å². The molecule has 1 fully saturated rings. The van der Waals surface area contributed by atoms with Crippen molar-refractivity contribution in [1.82, 2.24) is 15.0 Å². The molecule has 1 saturated heterocycles. The number of benzene rings is 1. The molecule has 2 aromatic heterocycles. The molecule has 0 bridgehead atoms. The van der Waals surface area contributed by atoms with Crippen LogP contribution >= 0.6 is 18.5 Å². The number of nitrogens with one attached hydrogen (secondary N) is 1. The first-order valence-corrected chi connectivity index (χ1v) is 11.0. The fourth-order valence-electron chi connectivity index (χ4n) is 3.43. The maximum Gasteiger partial charge on any atom is 0.258 e. The lowest BCUT2D eigenvalue weighted by Crippen LogP contribution is -2.54. The molecule has 0 saturated carbocycles. The van der Waals surface area contributed by atoms with Gasteiger partial charge in [0.1, 0.15) is 5.82 Å². The maximum atomic E-state index is 13.0. The summed E-state index contributed by atoms with van der Waals surface area (Å²) in [5, 5.41) is 3.08. The van der Waals surface area contributed by atoms with E-state index in [1.54, 1.807) is 18.6 Å². The summed E-state index contributed by atoms with van der Waals surface area (Å²) in [6, 6.07) is 11.9. The number of carbonyl (C=O) groups excluding carboxylic acids is 1. The zero-order chi connectivity index (χ0) is 21.3. The lowest BCUT2D eigenvalue weighted by molar-refractivity contribution is 0.102. The Morgan fingerprint density at radius 3 is 2.33 bits per heavy atom. The van der Waals surface area contributed by atoms with Crippen molar-refractivity contribution in [2.75, 3.05) is 23.3 Å². The summed E-state index contributed by atoms with van der Waals surface area (Å²) in [6.45, 7) is 5.69. The third-order valence-corrected chi connectivity index (χ3v) is 5.70. The smallest absolute Gasteiger partial charge is 0.258 e. The van der Waals surface area contributed by atoms with E-state index in [2.05, 4.69) is 43.6 Å². The summed E-state index contributed by atoms with van der Waals surface area (Å²) in [5.74, 6) is 1.45. The van der Waals surface area contributed by atoms with E-state index in [4.69, 9.17) is 0 Å². The van der Waals surface area contributed by atoms with Gasteiger partial charge in [-0.1, -0.05) is 44.2 Å². The van der Waals surface area contributed by atoms with Gasteiger partial charge in [0.2, 0.25) is 0 Å². The van der Waals surface area contributed by atoms with Crippen LogP contribution in [-0.4, -0.2) is 38.8 Å². The van der Waals surface area contributed by atoms with E-state index in [0.717, 1.165) is 35.9 Å². The third kappa shape index (κ3) is 4.35. The van der Waals surface area contributed by atoms with Crippen LogP contribution in [0.25, 0.3) is 11.1 Å². The Labute approximate surface area is 181 Å². The molecular weight excluding hydrogens is 412 g/mol. The third-order valence-electron chi connectivity index (χ3n) is 4.97. The van der Waals surface area contributed by atoms with Crippen LogP contribution in [0.3, 0.4) is 0 Å². The number of carbonyl (C=O) groups is 1. The largest absolute Gasteiger partial charge is 0.352 e. The van der Waals surface area contributed by atoms with E-state index >= 15 is 0 Å². The molecular formula is C22H25N5OP2. The first kappa shape index (κ1) is 20.8. The van der Waals surface area contributed by atoms with E-state index in [0.29, 0.717) is 11.3 Å². The molecule has 1 amide bonds. The van der Waals surface area contributed by atoms with Crippen molar-refractivity contribution >= 4 is 35.9 Å². The van der Waals surface area contributed by atoms with Gasteiger partial charge in [0.15, 0.2) is 5.82 Å². The molecule has 1 aliphatic heterocycles. The highest BCUT2D eigenvalue weighted by Crippen LogP contribution is 2.43. The number of nitrogens with zero attached hydrogens (tertiary/aromatic N) is 4. The van der Waals surface area contributed by atoms with Crippen LogP contribution in [-0.2, 0) is 0 Å². The van der Waals surface area contributed by atoms with Crippen molar-refractivity contribution in [3.63, 3.8) is 0 Å². The van der Waals surface area contributed by atoms with E-state index in [1.807, 2.05) is 50.2 Å². The molecule has 1 aromatic carbocycles. The summed E-state index contributed by atoms with van der Waals surface area (Å²) in [6.07, 6.45) is 4.95. The zero-order valence-electron chi connectivity index (χ0n) is 17.0. The fraction of sp³-hybridized carbons (Fsp3) is 0.273. The van der Waals surface area contributed by atoms with E-state index in [9.17, 15) is 4.79 Å². The predicted octanol–water partition coefficient (Wildman–Crippen LogP) is 4.18. The SMILES string of the molecule is CC(C)c1ncc(C(=O)Nc2c(-c3ccccc3)ccnc2N2CC(P)(P)C2)cn1. The molecule has 8 heteroatoms. The maximum absolute atomic E-state index is 13.0. The molecule has 1 N–H and O–H groups in total. The molecule has 0 radical (unpaired) electrons. The Hall–Kier alpha value is -2.42. The first-order chi connectivity index (χ1) is 14.3. The van der Waals surface area contributed by atoms with Crippen molar-refractivity contribution in [1.29, 1.82) is 0 Å². The van der Waals surface area contributed by atoms with E-state index in [-0.39, 0.29) is 16.7 Å². The van der Waals surface area contributed by atoms with Crippen molar-refractivity contribution in [3.8, 4) is 11.1 Å². The summed E-state index contributed by atoms with van der Waals surface area (Å²) < 4.78 is 0. The molecule has 2 atom stereocenters. The quantitative estimate of drug-likeness (QED) is 0.607. The molecule has 6 nitrogen and oxygen atoms in total. The lowest BCUT2D eigenvalue weighted by Gasteiger charge is -2.46. The minimum atomic E-state index is -0.250. The fourth-order valence-corrected chi connectivity index (χ4v) is 4.31. The van der Waals surface area contributed by atoms with E-state index in [1.165, 1.54) is 0 Å². The summed E-state index contributed by atoms with van der Waals surface area (Å²) in [7, 11) is 5.72. The van der Waals surface area contributed by atoms with Crippen LogP contribution in [0.4, 0.5) is 11.5 Å². The van der Waals surface area contributed by atoms with Crippen molar-refractivity contribution in [2.45, 2.75) is 24.7 Å². The van der Waals surface area contributed by atoms with Gasteiger partial charge in [-0.2, -0.15) is 0 Å². The summed E-state index contributed by atoms with van der Waals surface area (Å²) in [4.78, 5) is 28.5. The Kier molecular flexibility index (Phi) is 5.81. The number of rotatable bonds is 5. The van der Waals surface area contributed by atoms with Gasteiger partial charge in [-0.05, 0) is 11.6 Å². The van der Waals surface area contributed by atoms with Crippen LogP contribution in [0.5, 0.6) is 0 Å². The molecule has 0 spiro atoms. The number of hydrogen-bond acceptors (Lipinski definition) is 5. The number of pyridine rings is 1.